The van der Waals surface area contributed by atoms with E-state index in [1.807, 2.05) is 12.1 Å². The van der Waals surface area contributed by atoms with Gasteiger partial charge in [0.1, 0.15) is 0 Å². The van der Waals surface area contributed by atoms with Crippen molar-refractivity contribution in [3.05, 3.63) is 37.2 Å². The predicted molar refractivity (Wildman–Crippen MR) is 35.1 cm³/mol. The first-order valence-electron chi connectivity index (χ1n) is 2.62. The molecule has 0 unspecified atom stereocenters. The van der Waals surface area contributed by atoms with Gasteiger partial charge in [-0.1, -0.05) is 12.6 Å². The molecule has 0 spiro atoms. The molecule has 9 heavy (non-hydrogen) atoms. The lowest BCUT2D eigenvalue weighted by molar-refractivity contribution is 0.463. The summed E-state index contributed by atoms with van der Waals surface area (Å²) in [5.74, 6) is 0.576. The monoisotopic (exact) mass is 121 g/mol. The molecule has 0 saturated carbocycles. The van der Waals surface area contributed by atoms with Gasteiger partial charge in [-0.05, 0) is 6.07 Å². The van der Waals surface area contributed by atoms with Gasteiger partial charge in [0.25, 0.3) is 0 Å². The summed E-state index contributed by atoms with van der Waals surface area (Å²) in [6.45, 7) is 3.39. The first kappa shape index (κ1) is 5.82. The van der Waals surface area contributed by atoms with Crippen molar-refractivity contribution >= 4 is 0 Å². The van der Waals surface area contributed by atoms with Gasteiger partial charge in [0.05, 0.1) is 6.26 Å². The van der Waals surface area contributed by atoms with Crippen LogP contribution in [0.1, 0.15) is 0 Å². The fourth-order valence-corrected chi connectivity index (χ4v) is 0.502. The summed E-state index contributed by atoms with van der Waals surface area (Å²) in [7, 11) is 0. The molecular formula is C7H7NO. The number of ether oxygens (including phenoxy) is 1. The summed E-state index contributed by atoms with van der Waals surface area (Å²) in [5, 5.41) is 0. The Morgan fingerprint density at radius 1 is 1.56 bits per heavy atom. The first-order valence-corrected chi connectivity index (χ1v) is 2.62. The van der Waals surface area contributed by atoms with Crippen LogP contribution in [0.15, 0.2) is 37.2 Å². The van der Waals surface area contributed by atoms with E-state index in [-0.39, 0.29) is 0 Å². The van der Waals surface area contributed by atoms with E-state index < -0.39 is 0 Å². The Morgan fingerprint density at radius 3 is 3.00 bits per heavy atom. The van der Waals surface area contributed by atoms with Gasteiger partial charge in [-0.25, -0.2) is 4.98 Å². The van der Waals surface area contributed by atoms with Crippen LogP contribution in [0, 0.1) is 0 Å². The number of hydrogen-bond donors (Lipinski definition) is 0. The lowest BCUT2D eigenvalue weighted by atomic mass is 10.5. The van der Waals surface area contributed by atoms with Gasteiger partial charge in [-0.2, -0.15) is 0 Å². The first-order chi connectivity index (χ1) is 4.43. The Kier molecular flexibility index (Phi) is 1.85. The summed E-state index contributed by atoms with van der Waals surface area (Å²) < 4.78 is 4.86. The quantitative estimate of drug-likeness (QED) is 0.554. The fraction of sp³-hybridized carbons (Fsp3) is 0. The van der Waals surface area contributed by atoms with Crippen molar-refractivity contribution in [3.63, 3.8) is 0 Å². The van der Waals surface area contributed by atoms with E-state index in [0.717, 1.165) is 0 Å². The number of hydrogen-bond acceptors (Lipinski definition) is 2. The highest BCUT2D eigenvalue weighted by Gasteiger charge is 1.84. The molecule has 1 rings (SSSR count). The zero-order chi connectivity index (χ0) is 6.53. The molecule has 0 saturated heterocycles. The molecule has 1 aromatic heterocycles. The third-order valence-corrected chi connectivity index (χ3v) is 0.842. The number of rotatable bonds is 2. The van der Waals surface area contributed by atoms with E-state index in [1.165, 1.54) is 6.26 Å². The Hall–Kier alpha value is -1.31. The topological polar surface area (TPSA) is 22.1 Å². The van der Waals surface area contributed by atoms with Crippen LogP contribution in [0.25, 0.3) is 0 Å². The van der Waals surface area contributed by atoms with Crippen LogP contribution in [0.5, 0.6) is 5.88 Å². The van der Waals surface area contributed by atoms with Crippen LogP contribution in [0.3, 0.4) is 0 Å². The van der Waals surface area contributed by atoms with Crippen LogP contribution >= 0.6 is 0 Å². The summed E-state index contributed by atoms with van der Waals surface area (Å²) in [6, 6.07) is 5.45. The average Bonchev–Trinajstić information content (AvgIpc) is 1.91. The molecule has 0 radical (unpaired) electrons. The van der Waals surface area contributed by atoms with Crippen molar-refractivity contribution in [3.8, 4) is 5.88 Å². The summed E-state index contributed by atoms with van der Waals surface area (Å²) in [4.78, 5) is 3.88. The van der Waals surface area contributed by atoms with Crippen molar-refractivity contribution in [2.75, 3.05) is 0 Å². The van der Waals surface area contributed by atoms with E-state index in [9.17, 15) is 0 Å². The fourth-order valence-electron chi connectivity index (χ4n) is 0.502. The third kappa shape index (κ3) is 1.57. The van der Waals surface area contributed by atoms with Crippen molar-refractivity contribution in [2.45, 2.75) is 0 Å². The molecule has 0 atom stereocenters. The zero-order valence-corrected chi connectivity index (χ0v) is 4.95. The standard InChI is InChI=1S/C7H7NO/c1-2-9-7-5-3-4-6-8-7/h2-6H,1H2. The lowest BCUT2D eigenvalue weighted by Crippen LogP contribution is -1.81. The number of pyridine rings is 1. The van der Waals surface area contributed by atoms with Gasteiger partial charge in [0.15, 0.2) is 0 Å². The van der Waals surface area contributed by atoms with E-state index in [1.54, 1.807) is 12.3 Å². The Morgan fingerprint density at radius 2 is 2.44 bits per heavy atom. The molecule has 1 heterocycles. The Labute approximate surface area is 53.8 Å². The largest absolute Gasteiger partial charge is 0.447 e. The van der Waals surface area contributed by atoms with Crippen molar-refractivity contribution in [1.82, 2.24) is 4.98 Å². The maximum Gasteiger partial charge on any atom is 0.218 e. The third-order valence-electron chi connectivity index (χ3n) is 0.842. The molecular weight excluding hydrogens is 114 g/mol. The molecule has 0 aliphatic rings. The van der Waals surface area contributed by atoms with Gasteiger partial charge in [0.2, 0.25) is 5.88 Å². The van der Waals surface area contributed by atoms with Gasteiger partial charge in [-0.15, -0.1) is 0 Å². The molecule has 0 aliphatic heterocycles. The molecule has 0 N–H and O–H groups in total. The second kappa shape index (κ2) is 2.87. The van der Waals surface area contributed by atoms with E-state index in [4.69, 9.17) is 4.74 Å². The lowest BCUT2D eigenvalue weighted by Gasteiger charge is -1.93. The molecule has 0 aliphatic carbocycles. The molecule has 0 fully saturated rings. The van der Waals surface area contributed by atoms with Crippen LogP contribution in [0.2, 0.25) is 0 Å². The summed E-state index contributed by atoms with van der Waals surface area (Å²) in [6.07, 6.45) is 3.02. The summed E-state index contributed by atoms with van der Waals surface area (Å²) in [5.41, 5.74) is 0. The Balaban J connectivity index is 2.72. The highest BCUT2D eigenvalue weighted by Crippen LogP contribution is 2.01. The minimum atomic E-state index is 0.576. The van der Waals surface area contributed by atoms with Crippen LogP contribution in [-0.2, 0) is 0 Å². The predicted octanol–water partition coefficient (Wildman–Crippen LogP) is 1.60. The van der Waals surface area contributed by atoms with Crippen LogP contribution in [0.4, 0.5) is 0 Å². The average molecular weight is 121 g/mol. The minimum Gasteiger partial charge on any atom is -0.447 e. The Bertz CT molecular complexity index is 183. The normalized spacial score (nSPS) is 8.44. The van der Waals surface area contributed by atoms with Gasteiger partial charge < -0.3 is 4.74 Å². The van der Waals surface area contributed by atoms with Crippen molar-refractivity contribution < 1.29 is 4.74 Å². The van der Waals surface area contributed by atoms with E-state index in [0.29, 0.717) is 5.88 Å². The molecule has 1 aromatic rings. The molecule has 0 aromatic carbocycles. The van der Waals surface area contributed by atoms with E-state index in [2.05, 4.69) is 11.6 Å². The van der Waals surface area contributed by atoms with Crippen molar-refractivity contribution in [2.24, 2.45) is 0 Å². The van der Waals surface area contributed by atoms with Crippen LogP contribution < -0.4 is 4.74 Å². The molecule has 0 bridgehead atoms. The van der Waals surface area contributed by atoms with Crippen LogP contribution in [-0.4, -0.2) is 4.98 Å². The van der Waals surface area contributed by atoms with Gasteiger partial charge in [0, 0.05) is 12.3 Å². The molecule has 46 valence electrons. The maximum absolute atomic E-state index is 4.86. The minimum absolute atomic E-state index is 0.576. The smallest absolute Gasteiger partial charge is 0.218 e. The second-order valence-electron chi connectivity index (χ2n) is 1.45. The SMILES string of the molecule is C=COc1ccccn1. The number of nitrogens with zero attached hydrogens (tertiary/aromatic N) is 1. The van der Waals surface area contributed by atoms with Gasteiger partial charge >= 0.3 is 0 Å². The molecule has 2 heteroatoms. The van der Waals surface area contributed by atoms with Gasteiger partial charge in [-0.3, -0.25) is 0 Å². The molecule has 2 nitrogen and oxygen atoms in total. The number of aromatic nitrogens is 1. The summed E-state index contributed by atoms with van der Waals surface area (Å²) >= 11 is 0. The van der Waals surface area contributed by atoms with Crippen molar-refractivity contribution in [1.29, 1.82) is 0 Å². The van der Waals surface area contributed by atoms with E-state index >= 15 is 0 Å². The highest BCUT2D eigenvalue weighted by molar-refractivity contribution is 5.09. The maximum atomic E-state index is 4.86. The highest BCUT2D eigenvalue weighted by atomic mass is 16.5. The second-order valence-corrected chi connectivity index (χ2v) is 1.45. The zero-order valence-electron chi connectivity index (χ0n) is 4.95. The molecule has 0 amide bonds.